The molecule has 3 nitrogen and oxygen atoms in total. The molecule has 18 heavy (non-hydrogen) atoms. The number of halogens is 2. The van der Waals surface area contributed by atoms with Crippen LogP contribution in [0.4, 0.5) is 4.39 Å². The third-order valence-electron chi connectivity index (χ3n) is 3.25. The van der Waals surface area contributed by atoms with Crippen molar-refractivity contribution in [3.8, 4) is 0 Å². The van der Waals surface area contributed by atoms with Crippen molar-refractivity contribution < 1.29 is 14.3 Å². The number of hydrogen-bond acceptors (Lipinski definition) is 2. The zero-order chi connectivity index (χ0) is 13.1. The number of carbonyl (C=O) groups excluding carboxylic acids is 1. The van der Waals surface area contributed by atoms with Crippen molar-refractivity contribution in [2.45, 2.75) is 12.8 Å². The van der Waals surface area contributed by atoms with Crippen molar-refractivity contribution in [1.82, 2.24) is 4.90 Å². The lowest BCUT2D eigenvalue weighted by Crippen LogP contribution is -2.30. The SMILES string of the molecule is O=C(Cc1ccc(F)cc1Cl)N1CC[C@@H](CO)C1. The van der Waals surface area contributed by atoms with Crippen molar-refractivity contribution in [2.75, 3.05) is 19.7 Å². The maximum Gasteiger partial charge on any atom is 0.227 e. The first-order valence-corrected chi connectivity index (χ1v) is 6.30. The Hall–Kier alpha value is -1.13. The van der Waals surface area contributed by atoms with Gasteiger partial charge in [0.2, 0.25) is 5.91 Å². The van der Waals surface area contributed by atoms with Crippen LogP contribution in [0.3, 0.4) is 0 Å². The van der Waals surface area contributed by atoms with Crippen molar-refractivity contribution in [3.05, 3.63) is 34.6 Å². The third-order valence-corrected chi connectivity index (χ3v) is 3.61. The maximum atomic E-state index is 12.9. The number of nitrogens with zero attached hydrogens (tertiary/aromatic N) is 1. The predicted molar refractivity (Wildman–Crippen MR) is 66.9 cm³/mol. The molecule has 0 aromatic heterocycles. The van der Waals surface area contributed by atoms with Gasteiger partial charge in [0.05, 0.1) is 6.42 Å². The Labute approximate surface area is 110 Å². The standard InChI is InChI=1S/C13H15ClFNO2/c14-12-6-11(15)2-1-10(12)5-13(18)16-4-3-9(7-16)8-17/h1-2,6,9,17H,3-5,7-8H2/t9-/m1/s1. The molecule has 1 aromatic carbocycles. The van der Waals surface area contributed by atoms with E-state index in [2.05, 4.69) is 0 Å². The molecule has 1 N–H and O–H groups in total. The molecule has 1 atom stereocenters. The molecule has 0 spiro atoms. The van der Waals surface area contributed by atoms with Gasteiger partial charge in [-0.3, -0.25) is 4.79 Å². The quantitative estimate of drug-likeness (QED) is 0.912. The second-order valence-electron chi connectivity index (χ2n) is 4.59. The van der Waals surface area contributed by atoms with E-state index in [9.17, 15) is 9.18 Å². The average molecular weight is 272 g/mol. The van der Waals surface area contributed by atoms with Crippen LogP contribution in [0.2, 0.25) is 5.02 Å². The minimum absolute atomic E-state index is 0.0283. The normalized spacial score (nSPS) is 19.3. The lowest BCUT2D eigenvalue weighted by Gasteiger charge is -2.16. The molecule has 0 bridgehead atoms. The van der Waals surface area contributed by atoms with Crippen LogP contribution < -0.4 is 0 Å². The summed E-state index contributed by atoms with van der Waals surface area (Å²) in [6.07, 6.45) is 1.01. The first-order valence-electron chi connectivity index (χ1n) is 5.92. The summed E-state index contributed by atoms with van der Waals surface area (Å²) in [5, 5.41) is 9.31. The van der Waals surface area contributed by atoms with Crippen LogP contribution in [-0.2, 0) is 11.2 Å². The molecule has 1 amide bonds. The monoisotopic (exact) mass is 271 g/mol. The summed E-state index contributed by atoms with van der Waals surface area (Å²) in [6.45, 7) is 1.37. The molecule has 1 heterocycles. The molecule has 1 aliphatic heterocycles. The van der Waals surface area contributed by atoms with E-state index in [1.807, 2.05) is 0 Å². The number of aliphatic hydroxyl groups excluding tert-OH is 1. The molecule has 1 saturated heterocycles. The Balaban J connectivity index is 1.99. The van der Waals surface area contributed by atoms with Gasteiger partial charge in [-0.25, -0.2) is 4.39 Å². The Kier molecular flexibility index (Phi) is 4.19. The van der Waals surface area contributed by atoms with Gasteiger partial charge in [0, 0.05) is 30.6 Å². The van der Waals surface area contributed by atoms with E-state index in [1.165, 1.54) is 18.2 Å². The first kappa shape index (κ1) is 13.3. The largest absolute Gasteiger partial charge is 0.396 e. The number of benzene rings is 1. The molecule has 0 aliphatic carbocycles. The Morgan fingerprint density at radius 3 is 2.94 bits per heavy atom. The fourth-order valence-corrected chi connectivity index (χ4v) is 2.38. The van der Waals surface area contributed by atoms with Crippen LogP contribution in [0.15, 0.2) is 18.2 Å². The van der Waals surface area contributed by atoms with E-state index >= 15 is 0 Å². The van der Waals surface area contributed by atoms with Crippen LogP contribution >= 0.6 is 11.6 Å². The van der Waals surface area contributed by atoms with Gasteiger partial charge in [-0.15, -0.1) is 0 Å². The van der Waals surface area contributed by atoms with Crippen LogP contribution in [0.5, 0.6) is 0 Å². The van der Waals surface area contributed by atoms with Gasteiger partial charge >= 0.3 is 0 Å². The van der Waals surface area contributed by atoms with Crippen LogP contribution in [0.25, 0.3) is 0 Å². The number of amides is 1. The highest BCUT2D eigenvalue weighted by Crippen LogP contribution is 2.21. The fourth-order valence-electron chi connectivity index (χ4n) is 2.15. The van der Waals surface area contributed by atoms with Crippen molar-refractivity contribution >= 4 is 17.5 Å². The molecular formula is C13H15ClFNO2. The number of aliphatic hydroxyl groups is 1. The second kappa shape index (κ2) is 5.67. The zero-order valence-corrected chi connectivity index (χ0v) is 10.7. The highest BCUT2D eigenvalue weighted by molar-refractivity contribution is 6.31. The van der Waals surface area contributed by atoms with Gasteiger partial charge in [-0.05, 0) is 24.1 Å². The first-order chi connectivity index (χ1) is 8.60. The van der Waals surface area contributed by atoms with Crippen LogP contribution in [0.1, 0.15) is 12.0 Å². The fraction of sp³-hybridized carbons (Fsp3) is 0.462. The van der Waals surface area contributed by atoms with Crippen molar-refractivity contribution in [1.29, 1.82) is 0 Å². The zero-order valence-electron chi connectivity index (χ0n) is 9.90. The Bertz CT molecular complexity index is 453. The van der Waals surface area contributed by atoms with Gasteiger partial charge in [-0.2, -0.15) is 0 Å². The van der Waals surface area contributed by atoms with Crippen LogP contribution in [0, 0.1) is 11.7 Å². The van der Waals surface area contributed by atoms with Crippen molar-refractivity contribution in [3.63, 3.8) is 0 Å². The molecule has 1 aliphatic rings. The number of carbonyl (C=O) groups is 1. The summed E-state index contributed by atoms with van der Waals surface area (Å²) in [7, 11) is 0. The maximum absolute atomic E-state index is 12.9. The molecule has 0 saturated carbocycles. The summed E-state index contributed by atoms with van der Waals surface area (Å²) < 4.78 is 12.9. The molecule has 98 valence electrons. The van der Waals surface area contributed by atoms with Gasteiger partial charge < -0.3 is 10.0 Å². The topological polar surface area (TPSA) is 40.5 Å². The number of likely N-dealkylation sites (tertiary alicyclic amines) is 1. The summed E-state index contributed by atoms with van der Waals surface area (Å²) in [5.74, 6) is -0.255. The molecule has 2 rings (SSSR count). The van der Waals surface area contributed by atoms with Crippen molar-refractivity contribution in [2.24, 2.45) is 5.92 Å². The van der Waals surface area contributed by atoms with E-state index in [4.69, 9.17) is 16.7 Å². The van der Waals surface area contributed by atoms with E-state index in [-0.39, 0.29) is 29.9 Å². The van der Waals surface area contributed by atoms with Gasteiger partial charge in [-0.1, -0.05) is 17.7 Å². The van der Waals surface area contributed by atoms with E-state index in [1.54, 1.807) is 4.90 Å². The van der Waals surface area contributed by atoms with Gasteiger partial charge in [0.25, 0.3) is 0 Å². The van der Waals surface area contributed by atoms with Crippen LogP contribution in [-0.4, -0.2) is 35.6 Å². The highest BCUT2D eigenvalue weighted by Gasteiger charge is 2.25. The summed E-state index contributed by atoms with van der Waals surface area (Å²) >= 11 is 5.89. The molecule has 5 heteroatoms. The van der Waals surface area contributed by atoms with E-state index in [0.717, 1.165) is 6.42 Å². The van der Waals surface area contributed by atoms with E-state index < -0.39 is 5.82 Å². The molecular weight excluding hydrogens is 257 g/mol. The number of hydrogen-bond donors (Lipinski definition) is 1. The lowest BCUT2D eigenvalue weighted by atomic mass is 10.1. The summed E-state index contributed by atoms with van der Waals surface area (Å²) in [5.41, 5.74) is 0.635. The Morgan fingerprint density at radius 2 is 2.33 bits per heavy atom. The highest BCUT2D eigenvalue weighted by atomic mass is 35.5. The predicted octanol–water partition coefficient (Wildman–Crippen LogP) is 1.86. The molecule has 1 aromatic rings. The lowest BCUT2D eigenvalue weighted by molar-refractivity contribution is -0.129. The average Bonchev–Trinajstić information content (AvgIpc) is 2.81. The minimum Gasteiger partial charge on any atom is -0.396 e. The molecule has 1 fully saturated rings. The molecule has 0 radical (unpaired) electrons. The van der Waals surface area contributed by atoms with Gasteiger partial charge in [0.15, 0.2) is 0 Å². The Morgan fingerprint density at radius 1 is 1.56 bits per heavy atom. The third kappa shape index (κ3) is 3.00. The minimum atomic E-state index is -0.405. The van der Waals surface area contributed by atoms with Gasteiger partial charge in [0.1, 0.15) is 5.82 Å². The second-order valence-corrected chi connectivity index (χ2v) is 5.00. The number of rotatable bonds is 3. The molecule has 0 unspecified atom stereocenters. The summed E-state index contributed by atoms with van der Waals surface area (Å²) in [6, 6.07) is 4.05. The summed E-state index contributed by atoms with van der Waals surface area (Å²) in [4.78, 5) is 13.7. The smallest absolute Gasteiger partial charge is 0.227 e. The van der Waals surface area contributed by atoms with E-state index in [0.29, 0.717) is 18.7 Å².